The van der Waals surface area contributed by atoms with Gasteiger partial charge in [-0.25, -0.2) is 4.98 Å². The van der Waals surface area contributed by atoms with E-state index in [0.717, 1.165) is 49.6 Å². The first-order valence-electron chi connectivity index (χ1n) is 19.7. The second-order valence-electron chi connectivity index (χ2n) is 16.0. The summed E-state index contributed by atoms with van der Waals surface area (Å²) < 4.78 is 2.09. The quantitative estimate of drug-likeness (QED) is 0.134. The number of fused-ring (bicyclic) bond motifs is 12. The average Bonchev–Trinajstić information content (AvgIpc) is 3.49. The summed E-state index contributed by atoms with van der Waals surface area (Å²) in [6.07, 6.45) is 0. The van der Waals surface area contributed by atoms with Gasteiger partial charge in [0, 0.05) is 27.3 Å². The topological polar surface area (TPSA) is 60.7 Å². The molecule has 2 aromatic heterocycles. The van der Waals surface area contributed by atoms with Crippen LogP contribution in [0.15, 0.2) is 175 Å². The number of hydrogen-bond acceptors (Lipinski definition) is 4. The molecule has 272 valence electrons. The molecule has 0 saturated heterocycles. The molecular formula is C53H34N4O. The van der Waals surface area contributed by atoms with Crippen molar-refractivity contribution in [3.05, 3.63) is 191 Å². The smallest absolute Gasteiger partial charge is 0.238 e. The van der Waals surface area contributed by atoms with Crippen molar-refractivity contribution in [3.63, 3.8) is 0 Å². The van der Waals surface area contributed by atoms with E-state index in [4.69, 9.17) is 15.0 Å². The number of pyridine rings is 1. The maximum absolute atomic E-state index is 15.0. The molecule has 58 heavy (non-hydrogen) atoms. The van der Waals surface area contributed by atoms with Crippen molar-refractivity contribution < 1.29 is 0 Å². The second kappa shape index (κ2) is 12.0. The number of nitrogens with zero attached hydrogens (tertiary/aromatic N) is 4. The Morgan fingerprint density at radius 1 is 0.414 bits per heavy atom. The van der Waals surface area contributed by atoms with Gasteiger partial charge in [0.05, 0.1) is 11.0 Å². The van der Waals surface area contributed by atoms with E-state index in [0.29, 0.717) is 28.4 Å². The van der Waals surface area contributed by atoms with Crippen LogP contribution in [-0.2, 0) is 5.41 Å². The van der Waals surface area contributed by atoms with Crippen molar-refractivity contribution >= 4 is 64.9 Å². The van der Waals surface area contributed by atoms with Gasteiger partial charge in [-0.1, -0.05) is 147 Å². The van der Waals surface area contributed by atoms with Crippen molar-refractivity contribution in [1.82, 2.24) is 19.5 Å². The molecule has 0 unspecified atom stereocenters. The Bertz CT molecular complexity index is 3550. The van der Waals surface area contributed by atoms with Crippen LogP contribution in [0.1, 0.15) is 25.0 Å². The molecule has 0 amide bonds. The van der Waals surface area contributed by atoms with Gasteiger partial charge in [0.1, 0.15) is 0 Å². The van der Waals surface area contributed by atoms with E-state index in [9.17, 15) is 0 Å². The Hall–Kier alpha value is -7.50. The largest absolute Gasteiger partial charge is 0.288 e. The summed E-state index contributed by atoms with van der Waals surface area (Å²) in [6.45, 7) is 4.61. The molecular weight excluding hydrogens is 709 g/mol. The van der Waals surface area contributed by atoms with E-state index in [1.165, 1.54) is 37.9 Å². The Morgan fingerprint density at radius 3 is 1.43 bits per heavy atom. The minimum atomic E-state index is -0.373. The molecule has 0 saturated carbocycles. The Kier molecular flexibility index (Phi) is 6.77. The normalized spacial score (nSPS) is 13.2. The first-order chi connectivity index (χ1) is 28.4. The lowest BCUT2D eigenvalue weighted by Gasteiger charge is -2.23. The second-order valence-corrected chi connectivity index (χ2v) is 16.0. The zero-order chi connectivity index (χ0) is 38.7. The lowest BCUT2D eigenvalue weighted by molar-refractivity contribution is 0.661. The van der Waals surface area contributed by atoms with Crippen molar-refractivity contribution in [2.75, 3.05) is 0 Å². The van der Waals surface area contributed by atoms with Crippen LogP contribution in [0.2, 0.25) is 0 Å². The SMILES string of the molecule is CC1(C)c2cc3c4ccccc4c4ccccc4c3cc2-c2cc3c(=O)c4cc5ccccc5cc4n(-c4nc(-c5ccccc5)nc(-c5ccccc5)n4)c3cc21. The third kappa shape index (κ3) is 4.64. The van der Waals surface area contributed by atoms with Gasteiger partial charge in [-0.3, -0.25) is 9.36 Å². The summed E-state index contributed by atoms with van der Waals surface area (Å²) in [4.78, 5) is 30.5. The van der Waals surface area contributed by atoms with Crippen LogP contribution in [-0.4, -0.2) is 19.5 Å². The van der Waals surface area contributed by atoms with Crippen LogP contribution in [0.5, 0.6) is 0 Å². The zero-order valence-electron chi connectivity index (χ0n) is 31.9. The molecule has 5 heteroatoms. The maximum atomic E-state index is 15.0. The van der Waals surface area contributed by atoms with Crippen LogP contribution in [0, 0.1) is 0 Å². The van der Waals surface area contributed by atoms with Gasteiger partial charge >= 0.3 is 0 Å². The summed E-state index contributed by atoms with van der Waals surface area (Å²) in [5.74, 6) is 1.57. The summed E-state index contributed by atoms with van der Waals surface area (Å²) in [7, 11) is 0. The maximum Gasteiger partial charge on any atom is 0.238 e. The first-order valence-corrected chi connectivity index (χ1v) is 19.7. The molecule has 0 bridgehead atoms. The molecule has 0 fully saturated rings. The van der Waals surface area contributed by atoms with Crippen LogP contribution in [0.25, 0.3) is 105 Å². The lowest BCUT2D eigenvalue weighted by atomic mass is 9.81. The van der Waals surface area contributed by atoms with E-state index in [-0.39, 0.29) is 10.8 Å². The van der Waals surface area contributed by atoms with Gasteiger partial charge < -0.3 is 0 Å². The van der Waals surface area contributed by atoms with E-state index in [1.54, 1.807) is 0 Å². The summed E-state index contributed by atoms with van der Waals surface area (Å²) in [5, 5.41) is 10.7. The zero-order valence-corrected chi connectivity index (χ0v) is 31.9. The number of aromatic nitrogens is 4. The van der Waals surface area contributed by atoms with Gasteiger partial charge in [-0.15, -0.1) is 0 Å². The fourth-order valence-electron chi connectivity index (χ4n) is 9.51. The summed E-state index contributed by atoms with van der Waals surface area (Å²) in [5.41, 5.74) is 7.54. The van der Waals surface area contributed by atoms with Gasteiger partial charge in [0.25, 0.3) is 0 Å². The van der Waals surface area contributed by atoms with Gasteiger partial charge in [0.15, 0.2) is 17.1 Å². The Morgan fingerprint density at radius 2 is 0.845 bits per heavy atom. The standard InChI is InChI=1S/C53H34N4O/c1-53(2)45-29-40-38-24-14-12-22-36(38)35-21-11-13-23-37(35)39(40)27-41(45)42-28-44-48(30-46(42)53)57(47-26-34-20-10-9-19-33(34)25-43(47)49(44)58)52-55-50(31-15-5-3-6-16-31)54-51(56-52)32-17-7-4-8-18-32/h3-30H,1-2H3. The molecule has 9 aromatic carbocycles. The molecule has 11 aromatic rings. The minimum Gasteiger partial charge on any atom is -0.288 e. The summed E-state index contributed by atoms with van der Waals surface area (Å²) >= 11 is 0. The number of benzene rings is 9. The average molecular weight is 743 g/mol. The summed E-state index contributed by atoms with van der Waals surface area (Å²) in [6, 6.07) is 58.9. The van der Waals surface area contributed by atoms with Crippen LogP contribution in [0.3, 0.4) is 0 Å². The highest BCUT2D eigenvalue weighted by Crippen LogP contribution is 2.52. The fraction of sp³-hybridized carbons (Fsp3) is 0.0566. The molecule has 0 spiro atoms. The third-order valence-electron chi connectivity index (χ3n) is 12.4. The first kappa shape index (κ1) is 32.7. The third-order valence-corrected chi connectivity index (χ3v) is 12.4. The molecule has 12 rings (SSSR count). The van der Waals surface area contributed by atoms with Crippen molar-refractivity contribution in [2.45, 2.75) is 19.3 Å². The Balaban J connectivity index is 1.21. The molecule has 0 aliphatic heterocycles. The van der Waals surface area contributed by atoms with Crippen molar-refractivity contribution in [1.29, 1.82) is 0 Å². The van der Waals surface area contributed by atoms with E-state index >= 15 is 4.79 Å². The fourth-order valence-corrected chi connectivity index (χ4v) is 9.51. The molecule has 0 radical (unpaired) electrons. The highest BCUT2D eigenvalue weighted by molar-refractivity contribution is 6.26. The van der Waals surface area contributed by atoms with E-state index in [1.807, 2.05) is 78.9 Å². The van der Waals surface area contributed by atoms with Gasteiger partial charge in [-0.05, 0) is 102 Å². The highest BCUT2D eigenvalue weighted by atomic mass is 16.1. The van der Waals surface area contributed by atoms with Gasteiger partial charge in [-0.2, -0.15) is 9.97 Å². The molecule has 1 aliphatic carbocycles. The predicted molar refractivity (Wildman–Crippen MR) is 239 cm³/mol. The highest BCUT2D eigenvalue weighted by Gasteiger charge is 2.37. The molecule has 0 N–H and O–H groups in total. The minimum absolute atomic E-state index is 0.0149. The molecule has 0 atom stereocenters. The van der Waals surface area contributed by atoms with E-state index < -0.39 is 0 Å². The van der Waals surface area contributed by atoms with Crippen molar-refractivity contribution in [2.24, 2.45) is 0 Å². The van der Waals surface area contributed by atoms with Crippen LogP contribution in [0.4, 0.5) is 0 Å². The van der Waals surface area contributed by atoms with Crippen LogP contribution >= 0.6 is 0 Å². The monoisotopic (exact) mass is 742 g/mol. The lowest BCUT2D eigenvalue weighted by Crippen LogP contribution is -2.17. The van der Waals surface area contributed by atoms with E-state index in [2.05, 4.69) is 109 Å². The molecule has 2 heterocycles. The van der Waals surface area contributed by atoms with Crippen molar-refractivity contribution in [3.8, 4) is 39.9 Å². The number of hydrogen-bond donors (Lipinski definition) is 0. The Labute approximate surface area is 333 Å². The van der Waals surface area contributed by atoms with Crippen LogP contribution < -0.4 is 5.43 Å². The number of rotatable bonds is 3. The molecule has 1 aliphatic rings. The predicted octanol–water partition coefficient (Wildman–Crippen LogP) is 12.6. The van der Waals surface area contributed by atoms with Gasteiger partial charge in [0.2, 0.25) is 5.95 Å². The molecule has 5 nitrogen and oxygen atoms in total.